The number of benzene rings is 1. The lowest BCUT2D eigenvalue weighted by atomic mass is 10.2. The van der Waals surface area contributed by atoms with E-state index >= 15 is 0 Å². The van der Waals surface area contributed by atoms with Gasteiger partial charge in [0.1, 0.15) is 17.3 Å². The monoisotopic (exact) mass is 399 g/mol. The van der Waals surface area contributed by atoms with Crippen LogP contribution in [-0.2, 0) is 16.2 Å². The molecule has 1 aromatic carbocycles. The second-order valence-corrected chi connectivity index (χ2v) is 8.03. The van der Waals surface area contributed by atoms with Crippen LogP contribution in [0.25, 0.3) is 5.65 Å². The van der Waals surface area contributed by atoms with Gasteiger partial charge in [-0.05, 0) is 54.7 Å². The highest BCUT2D eigenvalue weighted by Crippen LogP contribution is 2.41. The zero-order valence-electron chi connectivity index (χ0n) is 13.7. The first-order valence-electron chi connectivity index (χ1n) is 8.02. The number of fused-ring (bicyclic) bond motifs is 1. The Kier molecular flexibility index (Phi) is 3.91. The molecule has 5 nitrogen and oxygen atoms in total. The van der Waals surface area contributed by atoms with E-state index in [9.17, 15) is 26.0 Å². The largest absolute Gasteiger partial charge is 0.419 e. The van der Waals surface area contributed by atoms with Crippen LogP contribution in [0.5, 0.6) is 0 Å². The summed E-state index contributed by atoms with van der Waals surface area (Å²) in [6.45, 7) is 0. The number of hydrogen-bond donors (Lipinski definition) is 1. The van der Waals surface area contributed by atoms with E-state index in [2.05, 4.69) is 9.71 Å². The van der Waals surface area contributed by atoms with Gasteiger partial charge in [-0.1, -0.05) is 0 Å². The van der Waals surface area contributed by atoms with E-state index in [1.54, 1.807) is 6.20 Å². The Bertz CT molecular complexity index is 1130. The van der Waals surface area contributed by atoms with E-state index in [-0.39, 0.29) is 11.9 Å². The second-order valence-electron chi connectivity index (χ2n) is 6.35. The number of sulfonamides is 1. The molecule has 27 heavy (non-hydrogen) atoms. The van der Waals surface area contributed by atoms with E-state index in [1.165, 1.54) is 16.7 Å². The van der Waals surface area contributed by atoms with E-state index in [0.717, 1.165) is 24.5 Å². The zero-order valence-corrected chi connectivity index (χ0v) is 14.5. The molecule has 0 unspecified atom stereocenters. The van der Waals surface area contributed by atoms with Gasteiger partial charge in [0.25, 0.3) is 10.0 Å². The van der Waals surface area contributed by atoms with Crippen LogP contribution in [0, 0.1) is 5.82 Å². The molecule has 0 atom stereocenters. The van der Waals surface area contributed by atoms with Crippen LogP contribution >= 0.6 is 0 Å². The van der Waals surface area contributed by atoms with Crippen LogP contribution in [0.1, 0.15) is 29.9 Å². The molecule has 3 aromatic rings. The molecule has 4 rings (SSSR count). The van der Waals surface area contributed by atoms with Crippen LogP contribution in [-0.4, -0.2) is 17.8 Å². The molecule has 10 heteroatoms. The van der Waals surface area contributed by atoms with Crippen molar-refractivity contribution in [1.82, 2.24) is 9.38 Å². The fourth-order valence-electron chi connectivity index (χ4n) is 2.84. The molecule has 0 bridgehead atoms. The number of aromatic nitrogens is 2. The van der Waals surface area contributed by atoms with Gasteiger partial charge in [0.2, 0.25) is 0 Å². The zero-order chi connectivity index (χ0) is 19.4. The summed E-state index contributed by atoms with van der Waals surface area (Å²) in [4.78, 5) is 3.48. The van der Waals surface area contributed by atoms with Crippen molar-refractivity contribution in [1.29, 1.82) is 0 Å². The van der Waals surface area contributed by atoms with Gasteiger partial charge in [0.15, 0.2) is 0 Å². The quantitative estimate of drug-likeness (QED) is 0.670. The molecule has 2 aromatic heterocycles. The molecule has 1 fully saturated rings. The first-order valence-corrected chi connectivity index (χ1v) is 9.50. The third-order valence-electron chi connectivity index (χ3n) is 4.36. The summed E-state index contributed by atoms with van der Waals surface area (Å²) >= 11 is 0. The van der Waals surface area contributed by atoms with Crippen molar-refractivity contribution in [2.75, 3.05) is 4.72 Å². The van der Waals surface area contributed by atoms with Crippen molar-refractivity contribution in [3.63, 3.8) is 0 Å². The molecule has 1 aliphatic rings. The summed E-state index contributed by atoms with van der Waals surface area (Å²) in [7, 11) is -4.36. The van der Waals surface area contributed by atoms with Crippen LogP contribution in [0.3, 0.4) is 0 Å². The average Bonchev–Trinajstić information content (AvgIpc) is 3.33. The number of rotatable bonds is 4. The van der Waals surface area contributed by atoms with Crippen LogP contribution in [0.15, 0.2) is 47.6 Å². The van der Waals surface area contributed by atoms with Crippen LogP contribution < -0.4 is 4.72 Å². The Morgan fingerprint density at radius 2 is 1.89 bits per heavy atom. The third kappa shape index (κ3) is 3.36. The molecule has 1 aliphatic carbocycles. The minimum absolute atomic E-state index is 0.129. The number of nitrogens with one attached hydrogen (secondary N) is 1. The van der Waals surface area contributed by atoms with E-state index < -0.39 is 32.5 Å². The average molecular weight is 399 g/mol. The van der Waals surface area contributed by atoms with Gasteiger partial charge in [0, 0.05) is 12.4 Å². The highest BCUT2D eigenvalue weighted by atomic mass is 32.2. The minimum atomic E-state index is -5.00. The minimum Gasteiger partial charge on any atom is -0.287 e. The molecule has 0 radical (unpaired) electrons. The van der Waals surface area contributed by atoms with Crippen LogP contribution in [0.2, 0.25) is 0 Å². The summed E-state index contributed by atoms with van der Waals surface area (Å²) in [5.41, 5.74) is -0.0929. The Morgan fingerprint density at radius 1 is 1.15 bits per heavy atom. The maximum absolute atomic E-state index is 13.4. The number of alkyl halides is 3. The Balaban J connectivity index is 1.73. The van der Waals surface area contributed by atoms with Gasteiger partial charge < -0.3 is 0 Å². The summed E-state index contributed by atoms with van der Waals surface area (Å²) in [5, 5.41) is 0. The summed E-state index contributed by atoms with van der Waals surface area (Å²) in [6, 6.07) is 4.79. The topological polar surface area (TPSA) is 63.5 Å². The highest BCUT2D eigenvalue weighted by molar-refractivity contribution is 7.92. The molecular weight excluding hydrogens is 386 g/mol. The van der Waals surface area contributed by atoms with E-state index in [4.69, 9.17) is 0 Å². The number of anilines is 1. The van der Waals surface area contributed by atoms with Crippen molar-refractivity contribution < 1.29 is 26.0 Å². The smallest absolute Gasteiger partial charge is 0.287 e. The lowest BCUT2D eigenvalue weighted by Gasteiger charge is -2.13. The molecule has 0 amide bonds. The molecule has 1 saturated carbocycles. The number of halogens is 4. The predicted octanol–water partition coefficient (Wildman–Crippen LogP) is 4.17. The van der Waals surface area contributed by atoms with Crippen molar-refractivity contribution in [3.8, 4) is 0 Å². The number of hydrogen-bond acceptors (Lipinski definition) is 3. The highest BCUT2D eigenvalue weighted by Gasteiger charge is 2.35. The maximum atomic E-state index is 13.4. The van der Waals surface area contributed by atoms with Gasteiger partial charge in [-0.25, -0.2) is 17.8 Å². The van der Waals surface area contributed by atoms with Crippen molar-refractivity contribution in [2.24, 2.45) is 0 Å². The summed E-state index contributed by atoms with van der Waals surface area (Å²) < 4.78 is 80.9. The standard InChI is InChI=1S/C17H13F4N3O2S/c18-14-4-3-12(8-13(14)17(19,20)21)27(25,26)23-15-5-6-22-16-7-11(9-24(15)16)10-1-2-10/h3-10,23H,1-2H2. The van der Waals surface area contributed by atoms with Gasteiger partial charge in [-0.2, -0.15) is 13.2 Å². The number of nitrogens with zero attached hydrogens (tertiary/aromatic N) is 2. The maximum Gasteiger partial charge on any atom is 0.419 e. The molecule has 0 aliphatic heterocycles. The van der Waals surface area contributed by atoms with Gasteiger partial charge >= 0.3 is 6.18 Å². The van der Waals surface area contributed by atoms with Crippen molar-refractivity contribution in [3.05, 3.63) is 59.7 Å². The molecule has 2 heterocycles. The molecule has 1 N–H and O–H groups in total. The molecule has 0 saturated heterocycles. The Morgan fingerprint density at radius 3 is 2.56 bits per heavy atom. The summed E-state index contributed by atoms with van der Waals surface area (Å²) in [5.74, 6) is -0.986. The lowest BCUT2D eigenvalue weighted by Crippen LogP contribution is -2.17. The third-order valence-corrected chi connectivity index (χ3v) is 5.71. The summed E-state index contributed by atoms with van der Waals surface area (Å²) in [6.07, 6.45) is 0.250. The fraction of sp³-hybridized carbons (Fsp3) is 0.235. The molecule has 0 spiro atoms. The van der Waals surface area contributed by atoms with Gasteiger partial charge in [-0.15, -0.1) is 0 Å². The second kappa shape index (κ2) is 5.95. The first kappa shape index (κ1) is 17.8. The lowest BCUT2D eigenvalue weighted by molar-refractivity contribution is -0.140. The van der Waals surface area contributed by atoms with Gasteiger partial charge in [-0.3, -0.25) is 9.12 Å². The fourth-order valence-corrected chi connectivity index (χ4v) is 3.92. The van der Waals surface area contributed by atoms with E-state index in [1.807, 2.05) is 6.07 Å². The molecule has 142 valence electrons. The molecular formula is C17H13F4N3O2S. The van der Waals surface area contributed by atoms with Crippen LogP contribution in [0.4, 0.5) is 23.4 Å². The van der Waals surface area contributed by atoms with Gasteiger partial charge in [0.05, 0.1) is 10.5 Å². The normalized spacial score (nSPS) is 15.3. The SMILES string of the molecule is O=S(=O)(Nc1ccnc2cc(C3CC3)cn12)c1ccc(F)c(C(F)(F)F)c1. The van der Waals surface area contributed by atoms with Crippen molar-refractivity contribution in [2.45, 2.75) is 29.8 Å². The first-order chi connectivity index (χ1) is 12.6. The van der Waals surface area contributed by atoms with E-state index in [0.29, 0.717) is 17.6 Å². The van der Waals surface area contributed by atoms with Crippen molar-refractivity contribution >= 4 is 21.5 Å². The Labute approximate surface area is 151 Å². The Hall–Kier alpha value is -2.62. The predicted molar refractivity (Wildman–Crippen MR) is 89.4 cm³/mol.